The molecule has 0 atom stereocenters. The van der Waals surface area contributed by atoms with Crippen molar-refractivity contribution in [3.05, 3.63) is 47.6 Å². The molecule has 0 saturated carbocycles. The van der Waals surface area contributed by atoms with Crippen LogP contribution in [-0.2, 0) is 6.61 Å². The van der Waals surface area contributed by atoms with E-state index in [1.54, 1.807) is 11.3 Å². The number of hydrazine groups is 1. The largest absolute Gasteiger partial charge is 0.486 e. The van der Waals surface area contributed by atoms with Crippen LogP contribution in [-0.4, -0.2) is 9.97 Å². The van der Waals surface area contributed by atoms with Gasteiger partial charge < -0.3 is 10.2 Å². The number of hydrogen-bond acceptors (Lipinski definition) is 6. The molecule has 0 aliphatic heterocycles. The highest BCUT2D eigenvalue weighted by Crippen LogP contribution is 2.24. The molecule has 2 aromatic heterocycles. The molecule has 19 heavy (non-hydrogen) atoms. The molecule has 1 aromatic carbocycles. The molecule has 0 bridgehead atoms. The lowest BCUT2D eigenvalue weighted by molar-refractivity contribution is 0.296. The second-order valence-electron chi connectivity index (χ2n) is 3.87. The minimum atomic E-state index is 0.312. The average Bonchev–Trinajstić information content (AvgIpc) is 2.93. The molecule has 2 heterocycles. The predicted molar refractivity (Wildman–Crippen MR) is 76.0 cm³/mol. The van der Waals surface area contributed by atoms with Gasteiger partial charge in [-0.15, -0.1) is 11.3 Å². The van der Waals surface area contributed by atoms with Crippen molar-refractivity contribution in [3.63, 3.8) is 0 Å². The first kappa shape index (κ1) is 11.9. The summed E-state index contributed by atoms with van der Waals surface area (Å²) >= 11 is 1.55. The highest BCUT2D eigenvalue weighted by Gasteiger charge is 2.08. The Morgan fingerprint density at radius 1 is 1.16 bits per heavy atom. The van der Waals surface area contributed by atoms with Gasteiger partial charge in [0.25, 0.3) is 0 Å². The SMILES string of the molecule is NNc1nc(COc2ccccc2)nc2sccc12. The zero-order valence-electron chi connectivity index (χ0n) is 10.0. The fourth-order valence-electron chi connectivity index (χ4n) is 1.74. The van der Waals surface area contributed by atoms with E-state index in [-0.39, 0.29) is 0 Å². The average molecular weight is 272 g/mol. The molecule has 96 valence electrons. The molecule has 3 aromatic rings. The van der Waals surface area contributed by atoms with E-state index in [0.717, 1.165) is 16.0 Å². The third kappa shape index (κ3) is 2.49. The van der Waals surface area contributed by atoms with E-state index >= 15 is 0 Å². The number of nitrogen functional groups attached to an aromatic ring is 1. The normalized spacial score (nSPS) is 10.6. The zero-order chi connectivity index (χ0) is 13.1. The number of para-hydroxylation sites is 1. The van der Waals surface area contributed by atoms with E-state index < -0.39 is 0 Å². The standard InChI is InChI=1S/C13H12N4OS/c14-17-12-10-6-7-19-13(10)16-11(15-12)8-18-9-4-2-1-3-5-9/h1-7H,8,14H2,(H,15,16,17). The number of aromatic nitrogens is 2. The van der Waals surface area contributed by atoms with Crippen molar-refractivity contribution in [2.24, 2.45) is 5.84 Å². The lowest BCUT2D eigenvalue weighted by atomic mass is 10.3. The topological polar surface area (TPSA) is 73.1 Å². The Bertz CT molecular complexity index is 683. The van der Waals surface area contributed by atoms with Crippen LogP contribution in [0.4, 0.5) is 5.82 Å². The second kappa shape index (κ2) is 5.21. The number of hydrogen-bond donors (Lipinski definition) is 2. The van der Waals surface area contributed by atoms with Crippen molar-refractivity contribution < 1.29 is 4.74 Å². The zero-order valence-corrected chi connectivity index (χ0v) is 10.9. The van der Waals surface area contributed by atoms with Gasteiger partial charge in [-0.1, -0.05) is 18.2 Å². The molecule has 0 fully saturated rings. The first-order valence-electron chi connectivity index (χ1n) is 5.75. The van der Waals surface area contributed by atoms with Gasteiger partial charge in [-0.25, -0.2) is 15.8 Å². The van der Waals surface area contributed by atoms with E-state index in [2.05, 4.69) is 15.4 Å². The van der Waals surface area contributed by atoms with Crippen LogP contribution >= 0.6 is 11.3 Å². The molecule has 0 spiro atoms. The molecule has 0 unspecified atom stereocenters. The first-order valence-corrected chi connectivity index (χ1v) is 6.63. The van der Waals surface area contributed by atoms with Crippen LogP contribution in [0.1, 0.15) is 5.82 Å². The Morgan fingerprint density at radius 3 is 2.79 bits per heavy atom. The molecule has 0 saturated heterocycles. The third-order valence-corrected chi connectivity index (χ3v) is 3.43. The number of fused-ring (bicyclic) bond motifs is 1. The van der Waals surface area contributed by atoms with Gasteiger partial charge in [-0.3, -0.25) is 0 Å². The molecule has 0 aliphatic rings. The summed E-state index contributed by atoms with van der Waals surface area (Å²) in [4.78, 5) is 9.68. The summed E-state index contributed by atoms with van der Waals surface area (Å²) in [6, 6.07) is 11.5. The fourth-order valence-corrected chi connectivity index (χ4v) is 2.52. The van der Waals surface area contributed by atoms with E-state index in [9.17, 15) is 0 Å². The molecule has 6 heteroatoms. The van der Waals surface area contributed by atoms with Gasteiger partial charge in [0.1, 0.15) is 17.2 Å². The van der Waals surface area contributed by atoms with Crippen LogP contribution in [0, 0.1) is 0 Å². The predicted octanol–water partition coefficient (Wildman–Crippen LogP) is 2.56. The number of benzene rings is 1. The van der Waals surface area contributed by atoms with Crippen LogP contribution in [0.25, 0.3) is 10.2 Å². The van der Waals surface area contributed by atoms with Crippen LogP contribution in [0.3, 0.4) is 0 Å². The van der Waals surface area contributed by atoms with Crippen molar-refractivity contribution >= 4 is 27.4 Å². The number of ether oxygens (including phenoxy) is 1. The molecular formula is C13H12N4OS. The van der Waals surface area contributed by atoms with Crippen molar-refractivity contribution in [3.8, 4) is 5.75 Å². The van der Waals surface area contributed by atoms with E-state index in [1.165, 1.54) is 0 Å². The Labute approximate surface area is 114 Å². The molecule has 3 rings (SSSR count). The Morgan fingerprint density at radius 2 is 2.00 bits per heavy atom. The fraction of sp³-hybridized carbons (Fsp3) is 0.0769. The van der Waals surface area contributed by atoms with Crippen LogP contribution in [0.2, 0.25) is 0 Å². The van der Waals surface area contributed by atoms with E-state index in [1.807, 2.05) is 41.8 Å². The first-order chi connectivity index (χ1) is 9.36. The summed E-state index contributed by atoms with van der Waals surface area (Å²) in [5.74, 6) is 7.49. The molecule has 0 aliphatic carbocycles. The monoisotopic (exact) mass is 272 g/mol. The smallest absolute Gasteiger partial charge is 0.169 e. The number of anilines is 1. The summed E-state index contributed by atoms with van der Waals surface area (Å²) in [6.07, 6.45) is 0. The van der Waals surface area contributed by atoms with Gasteiger partial charge in [-0.05, 0) is 23.6 Å². The maximum Gasteiger partial charge on any atom is 0.169 e. The minimum absolute atomic E-state index is 0.312. The molecule has 5 nitrogen and oxygen atoms in total. The van der Waals surface area contributed by atoms with Crippen molar-refractivity contribution in [1.82, 2.24) is 9.97 Å². The Kier molecular flexibility index (Phi) is 3.26. The number of nitrogens with one attached hydrogen (secondary N) is 1. The number of thiophene rings is 1. The van der Waals surface area contributed by atoms with Gasteiger partial charge in [-0.2, -0.15) is 0 Å². The quantitative estimate of drug-likeness (QED) is 0.564. The Balaban J connectivity index is 1.85. The summed E-state index contributed by atoms with van der Waals surface area (Å²) in [5, 5.41) is 2.89. The van der Waals surface area contributed by atoms with Crippen LogP contribution in [0.5, 0.6) is 5.75 Å². The Hall–Kier alpha value is -2.18. The second-order valence-corrected chi connectivity index (χ2v) is 4.77. The molecule has 0 radical (unpaired) electrons. The van der Waals surface area contributed by atoms with Crippen molar-refractivity contribution in [2.75, 3.05) is 5.43 Å². The lowest BCUT2D eigenvalue weighted by Crippen LogP contribution is -2.11. The highest BCUT2D eigenvalue weighted by molar-refractivity contribution is 7.16. The number of nitrogens with two attached hydrogens (primary N) is 1. The highest BCUT2D eigenvalue weighted by atomic mass is 32.1. The van der Waals surface area contributed by atoms with Crippen molar-refractivity contribution in [1.29, 1.82) is 0 Å². The minimum Gasteiger partial charge on any atom is -0.486 e. The van der Waals surface area contributed by atoms with Crippen molar-refractivity contribution in [2.45, 2.75) is 6.61 Å². The van der Waals surface area contributed by atoms with Crippen LogP contribution in [0.15, 0.2) is 41.8 Å². The molecular weight excluding hydrogens is 260 g/mol. The maximum absolute atomic E-state index is 5.63. The van der Waals surface area contributed by atoms with Crippen LogP contribution < -0.4 is 16.0 Å². The number of nitrogens with zero attached hydrogens (tertiary/aromatic N) is 2. The van der Waals surface area contributed by atoms with Gasteiger partial charge in [0.05, 0.1) is 5.39 Å². The molecule has 0 amide bonds. The summed E-state index contributed by atoms with van der Waals surface area (Å²) in [6.45, 7) is 0.312. The maximum atomic E-state index is 5.63. The van der Waals surface area contributed by atoms with Gasteiger partial charge in [0, 0.05) is 0 Å². The molecule has 3 N–H and O–H groups in total. The number of rotatable bonds is 4. The van der Waals surface area contributed by atoms with E-state index in [0.29, 0.717) is 18.2 Å². The van der Waals surface area contributed by atoms with Gasteiger partial charge >= 0.3 is 0 Å². The van der Waals surface area contributed by atoms with Gasteiger partial charge in [0.15, 0.2) is 11.6 Å². The summed E-state index contributed by atoms with van der Waals surface area (Å²) < 4.78 is 5.63. The van der Waals surface area contributed by atoms with Gasteiger partial charge in [0.2, 0.25) is 0 Å². The summed E-state index contributed by atoms with van der Waals surface area (Å²) in [5.41, 5.74) is 2.59. The van der Waals surface area contributed by atoms with E-state index in [4.69, 9.17) is 10.6 Å². The third-order valence-electron chi connectivity index (χ3n) is 2.62. The summed E-state index contributed by atoms with van der Waals surface area (Å²) in [7, 11) is 0. The lowest BCUT2D eigenvalue weighted by Gasteiger charge is -2.07.